The molecular weight excluding hydrogens is 411 g/mol. The smallest absolute Gasteiger partial charge is 0.407 e. The summed E-state index contributed by atoms with van der Waals surface area (Å²) in [6.45, 7) is 5.95. The number of carbonyl (C=O) groups excluding carboxylic acids is 1. The molecule has 6 nitrogen and oxygen atoms in total. The first kappa shape index (κ1) is 22.3. The number of nitrogens with one attached hydrogen (secondary N) is 1. The van der Waals surface area contributed by atoms with E-state index in [1.165, 1.54) is 4.31 Å². The molecule has 1 amide bonds. The van der Waals surface area contributed by atoms with Gasteiger partial charge in [-0.1, -0.05) is 29.6 Å². The summed E-state index contributed by atoms with van der Waals surface area (Å²) in [5, 5.41) is 3.48. The Hall–Kier alpha value is -1.02. The molecule has 0 spiro atoms. The summed E-state index contributed by atoms with van der Waals surface area (Å²) in [5.41, 5.74) is -0.139. The van der Waals surface area contributed by atoms with Crippen molar-refractivity contribution < 1.29 is 17.9 Å². The van der Waals surface area contributed by atoms with Gasteiger partial charge in [0.25, 0.3) is 0 Å². The highest BCUT2D eigenvalue weighted by atomic mass is 35.5. The Balaban J connectivity index is 2.08. The Labute approximate surface area is 171 Å². The van der Waals surface area contributed by atoms with E-state index in [0.717, 1.165) is 12.8 Å². The minimum Gasteiger partial charge on any atom is -0.444 e. The molecule has 1 heterocycles. The molecule has 0 aromatic heterocycles. The van der Waals surface area contributed by atoms with Crippen molar-refractivity contribution in [2.45, 2.75) is 57.4 Å². The van der Waals surface area contributed by atoms with Crippen LogP contribution in [-0.4, -0.2) is 43.5 Å². The van der Waals surface area contributed by atoms with Gasteiger partial charge in [-0.3, -0.25) is 0 Å². The predicted molar refractivity (Wildman–Crippen MR) is 108 cm³/mol. The standard InChI is InChI=1S/C18H26Cl2N2O4S/c1-18(2,3)26-17(23)21-11-15-6-4-5-9-22(15)27(24,25)12-13-10-14(19)7-8-16(13)20/h7-8,10,15H,4-6,9,11-12H2,1-3H3,(H,21,23)/t15-/m0/s1. The SMILES string of the molecule is CC(C)(C)OC(=O)NC[C@@H]1CCCCN1S(=O)(=O)Cc1cc(Cl)ccc1Cl. The second-order valence-corrected chi connectivity index (χ2v) is 10.4. The molecule has 0 bridgehead atoms. The third kappa shape index (κ3) is 6.82. The van der Waals surface area contributed by atoms with Gasteiger partial charge in [-0.05, 0) is 57.4 Å². The summed E-state index contributed by atoms with van der Waals surface area (Å²) in [6.07, 6.45) is 1.82. The van der Waals surface area contributed by atoms with Crippen molar-refractivity contribution >= 4 is 39.3 Å². The van der Waals surface area contributed by atoms with Gasteiger partial charge in [-0.25, -0.2) is 13.2 Å². The third-order valence-corrected chi connectivity index (χ3v) is 6.63. The van der Waals surface area contributed by atoms with E-state index in [0.29, 0.717) is 28.6 Å². The van der Waals surface area contributed by atoms with Gasteiger partial charge in [0.15, 0.2) is 0 Å². The van der Waals surface area contributed by atoms with Crippen LogP contribution in [0.4, 0.5) is 4.79 Å². The average molecular weight is 437 g/mol. The van der Waals surface area contributed by atoms with Crippen LogP contribution in [0.2, 0.25) is 10.0 Å². The maximum atomic E-state index is 13.0. The van der Waals surface area contributed by atoms with Crippen LogP contribution in [0.25, 0.3) is 0 Å². The van der Waals surface area contributed by atoms with E-state index in [-0.39, 0.29) is 18.3 Å². The maximum Gasteiger partial charge on any atom is 0.407 e. The quantitative estimate of drug-likeness (QED) is 0.749. The summed E-state index contributed by atoms with van der Waals surface area (Å²) in [4.78, 5) is 11.9. The van der Waals surface area contributed by atoms with E-state index in [1.54, 1.807) is 39.0 Å². The van der Waals surface area contributed by atoms with E-state index >= 15 is 0 Å². The largest absolute Gasteiger partial charge is 0.444 e. The Kier molecular flexibility index (Phi) is 7.41. The topological polar surface area (TPSA) is 75.7 Å². The number of benzene rings is 1. The Morgan fingerprint density at radius 3 is 2.67 bits per heavy atom. The lowest BCUT2D eigenvalue weighted by atomic mass is 10.1. The molecule has 0 aliphatic carbocycles. The fourth-order valence-corrected chi connectivity index (χ4v) is 5.29. The molecule has 9 heteroatoms. The van der Waals surface area contributed by atoms with Crippen LogP contribution in [0, 0.1) is 0 Å². The van der Waals surface area contributed by atoms with Crippen molar-refractivity contribution in [3.05, 3.63) is 33.8 Å². The van der Waals surface area contributed by atoms with Crippen molar-refractivity contribution in [2.24, 2.45) is 0 Å². The zero-order valence-corrected chi connectivity index (χ0v) is 18.1. The van der Waals surface area contributed by atoms with E-state index in [1.807, 2.05) is 0 Å². The van der Waals surface area contributed by atoms with Gasteiger partial charge < -0.3 is 10.1 Å². The number of halogens is 2. The van der Waals surface area contributed by atoms with Crippen LogP contribution < -0.4 is 5.32 Å². The molecule has 0 saturated carbocycles. The molecule has 0 radical (unpaired) electrons. The van der Waals surface area contributed by atoms with E-state index < -0.39 is 21.7 Å². The first-order valence-corrected chi connectivity index (χ1v) is 11.2. The van der Waals surface area contributed by atoms with Crippen molar-refractivity contribution in [3.8, 4) is 0 Å². The fourth-order valence-electron chi connectivity index (χ4n) is 2.99. The molecule has 1 aromatic carbocycles. The zero-order valence-electron chi connectivity index (χ0n) is 15.8. The molecule has 0 unspecified atom stereocenters. The number of amides is 1. The minimum absolute atomic E-state index is 0.206. The molecule has 1 fully saturated rings. The van der Waals surface area contributed by atoms with Crippen LogP contribution in [0.15, 0.2) is 18.2 Å². The van der Waals surface area contributed by atoms with Gasteiger partial charge in [0.2, 0.25) is 10.0 Å². The first-order chi connectivity index (χ1) is 12.5. The minimum atomic E-state index is -3.61. The normalized spacial score (nSPS) is 18.9. The van der Waals surface area contributed by atoms with Gasteiger partial charge >= 0.3 is 6.09 Å². The number of hydrogen-bond donors (Lipinski definition) is 1. The highest BCUT2D eigenvalue weighted by Gasteiger charge is 2.33. The van der Waals surface area contributed by atoms with Crippen molar-refractivity contribution in [3.63, 3.8) is 0 Å². The van der Waals surface area contributed by atoms with Crippen molar-refractivity contribution in [1.82, 2.24) is 9.62 Å². The Morgan fingerprint density at radius 2 is 2.00 bits per heavy atom. The van der Waals surface area contributed by atoms with Gasteiger partial charge in [0.1, 0.15) is 5.60 Å². The molecule has 1 N–H and O–H groups in total. The summed E-state index contributed by atoms with van der Waals surface area (Å²) in [7, 11) is -3.61. The molecule has 1 saturated heterocycles. The number of piperidine rings is 1. The maximum absolute atomic E-state index is 13.0. The summed E-state index contributed by atoms with van der Waals surface area (Å²) in [5.74, 6) is -0.227. The van der Waals surface area contributed by atoms with E-state index in [2.05, 4.69) is 5.32 Å². The summed E-state index contributed by atoms with van der Waals surface area (Å²) >= 11 is 12.1. The lowest BCUT2D eigenvalue weighted by Crippen LogP contribution is -2.50. The molecule has 27 heavy (non-hydrogen) atoms. The fraction of sp³-hybridized carbons (Fsp3) is 0.611. The van der Waals surface area contributed by atoms with Crippen molar-refractivity contribution in [1.29, 1.82) is 0 Å². The molecule has 152 valence electrons. The third-order valence-electron chi connectivity index (χ3n) is 4.16. The molecule has 1 aromatic rings. The van der Waals surface area contributed by atoms with E-state index in [4.69, 9.17) is 27.9 Å². The monoisotopic (exact) mass is 436 g/mol. The van der Waals surface area contributed by atoms with Crippen LogP contribution >= 0.6 is 23.2 Å². The van der Waals surface area contributed by atoms with Gasteiger partial charge in [-0.15, -0.1) is 0 Å². The lowest BCUT2D eigenvalue weighted by Gasteiger charge is -2.35. The number of alkyl carbamates (subject to hydrolysis) is 1. The van der Waals surface area contributed by atoms with Crippen LogP contribution in [0.3, 0.4) is 0 Å². The average Bonchev–Trinajstić information content (AvgIpc) is 2.55. The van der Waals surface area contributed by atoms with E-state index in [9.17, 15) is 13.2 Å². The van der Waals surface area contributed by atoms with Crippen LogP contribution in [0.1, 0.15) is 45.6 Å². The van der Waals surface area contributed by atoms with Crippen molar-refractivity contribution in [2.75, 3.05) is 13.1 Å². The first-order valence-electron chi connectivity index (χ1n) is 8.88. The highest BCUT2D eigenvalue weighted by Crippen LogP contribution is 2.27. The zero-order chi connectivity index (χ0) is 20.2. The Bertz CT molecular complexity index is 778. The number of carbonyl (C=O) groups is 1. The number of sulfonamides is 1. The van der Waals surface area contributed by atoms with Crippen LogP contribution in [0.5, 0.6) is 0 Å². The number of nitrogens with zero attached hydrogens (tertiary/aromatic N) is 1. The molecular formula is C18H26Cl2N2O4S. The van der Waals surface area contributed by atoms with Gasteiger partial charge in [0.05, 0.1) is 5.75 Å². The predicted octanol–water partition coefficient (Wildman–Crippen LogP) is 4.20. The second-order valence-electron chi connectivity index (χ2n) is 7.64. The summed E-state index contributed by atoms with van der Waals surface area (Å²) < 4.78 is 32.7. The van der Waals surface area contributed by atoms with Gasteiger partial charge in [0, 0.05) is 29.2 Å². The molecule has 2 rings (SSSR count). The van der Waals surface area contributed by atoms with Gasteiger partial charge in [-0.2, -0.15) is 4.31 Å². The summed E-state index contributed by atoms with van der Waals surface area (Å²) in [6, 6.07) is 4.47. The second kappa shape index (κ2) is 8.99. The number of ether oxygens (including phenoxy) is 1. The van der Waals surface area contributed by atoms with Crippen LogP contribution in [-0.2, 0) is 20.5 Å². The molecule has 1 aliphatic heterocycles. The Morgan fingerprint density at radius 1 is 1.30 bits per heavy atom. The molecule has 1 atom stereocenters. The number of hydrogen-bond acceptors (Lipinski definition) is 4. The lowest BCUT2D eigenvalue weighted by molar-refractivity contribution is 0.0512. The number of rotatable bonds is 5. The highest BCUT2D eigenvalue weighted by molar-refractivity contribution is 7.88. The molecule has 1 aliphatic rings.